The molecule has 0 amide bonds. The predicted molar refractivity (Wildman–Crippen MR) is 51.5 cm³/mol. The molecular weight excluding hydrogens is 184 g/mol. The molecule has 0 spiro atoms. The van der Waals surface area contributed by atoms with E-state index < -0.39 is 0 Å². The van der Waals surface area contributed by atoms with E-state index in [0.717, 1.165) is 18.7 Å². The smallest absolute Gasteiger partial charge is 0.123 e. The van der Waals surface area contributed by atoms with Gasteiger partial charge in [0.15, 0.2) is 0 Å². The highest BCUT2D eigenvalue weighted by molar-refractivity contribution is 5.23. The number of benzene rings is 1. The van der Waals surface area contributed by atoms with E-state index in [1.807, 2.05) is 0 Å². The molecule has 1 aliphatic heterocycles. The molecule has 1 aliphatic rings. The Balaban J connectivity index is 2.17. The number of alkyl halides is 1. The van der Waals surface area contributed by atoms with E-state index in [1.54, 1.807) is 12.1 Å². The monoisotopic (exact) mass is 197 g/mol. The van der Waals surface area contributed by atoms with Gasteiger partial charge >= 0.3 is 0 Å². The standard InChI is InChI=1S/C11H13F2N/c12-5-9-6-14-7-11(9)8-1-3-10(13)4-2-8/h1-4,9,11,14H,5-7H2/t9-,11-/m0/s1. The van der Waals surface area contributed by atoms with E-state index in [9.17, 15) is 8.78 Å². The third-order valence-corrected chi connectivity index (χ3v) is 2.84. The Kier molecular flexibility index (Phi) is 2.77. The lowest BCUT2D eigenvalue weighted by molar-refractivity contribution is 0.358. The molecule has 1 saturated heterocycles. The maximum atomic E-state index is 12.7. The summed E-state index contributed by atoms with van der Waals surface area (Å²) in [5, 5.41) is 3.15. The van der Waals surface area contributed by atoms with Crippen molar-refractivity contribution in [1.82, 2.24) is 5.32 Å². The predicted octanol–water partition coefficient (Wildman–Crippen LogP) is 2.10. The third kappa shape index (κ3) is 1.77. The maximum absolute atomic E-state index is 12.7. The Morgan fingerprint density at radius 1 is 1.21 bits per heavy atom. The van der Waals surface area contributed by atoms with Gasteiger partial charge in [0.05, 0.1) is 6.67 Å². The number of hydrogen-bond acceptors (Lipinski definition) is 1. The molecule has 0 aliphatic carbocycles. The molecule has 14 heavy (non-hydrogen) atoms. The van der Waals surface area contributed by atoms with Crippen LogP contribution < -0.4 is 5.32 Å². The molecule has 3 heteroatoms. The Labute approximate surface area is 82.1 Å². The minimum Gasteiger partial charge on any atom is -0.316 e. The van der Waals surface area contributed by atoms with Crippen molar-refractivity contribution in [2.24, 2.45) is 5.92 Å². The number of nitrogens with one attached hydrogen (secondary N) is 1. The first-order chi connectivity index (χ1) is 6.81. The molecule has 76 valence electrons. The van der Waals surface area contributed by atoms with Crippen LogP contribution in [0, 0.1) is 11.7 Å². The maximum Gasteiger partial charge on any atom is 0.123 e. The summed E-state index contributed by atoms with van der Waals surface area (Å²) < 4.78 is 25.3. The van der Waals surface area contributed by atoms with Gasteiger partial charge in [0.1, 0.15) is 5.82 Å². The van der Waals surface area contributed by atoms with Gasteiger partial charge in [-0.1, -0.05) is 12.1 Å². The minimum absolute atomic E-state index is 0.0421. The van der Waals surface area contributed by atoms with Gasteiger partial charge in [-0.05, 0) is 17.7 Å². The molecule has 0 unspecified atom stereocenters. The van der Waals surface area contributed by atoms with E-state index in [4.69, 9.17) is 0 Å². The van der Waals surface area contributed by atoms with Crippen LogP contribution in [-0.2, 0) is 0 Å². The van der Waals surface area contributed by atoms with Crippen LogP contribution >= 0.6 is 0 Å². The fourth-order valence-electron chi connectivity index (χ4n) is 2.00. The zero-order valence-corrected chi connectivity index (χ0v) is 7.84. The zero-order chi connectivity index (χ0) is 9.97. The Bertz CT molecular complexity index is 297. The third-order valence-electron chi connectivity index (χ3n) is 2.84. The lowest BCUT2D eigenvalue weighted by Crippen LogP contribution is -2.12. The fourth-order valence-corrected chi connectivity index (χ4v) is 2.00. The summed E-state index contributed by atoms with van der Waals surface area (Å²) in [5.41, 5.74) is 1.03. The molecule has 0 aromatic heterocycles. The summed E-state index contributed by atoms with van der Waals surface area (Å²) in [7, 11) is 0. The van der Waals surface area contributed by atoms with Crippen molar-refractivity contribution < 1.29 is 8.78 Å². The van der Waals surface area contributed by atoms with Crippen molar-refractivity contribution in [3.05, 3.63) is 35.6 Å². The van der Waals surface area contributed by atoms with Crippen molar-refractivity contribution in [2.75, 3.05) is 19.8 Å². The van der Waals surface area contributed by atoms with Gasteiger partial charge < -0.3 is 5.32 Å². The summed E-state index contributed by atoms with van der Waals surface area (Å²) in [6, 6.07) is 6.36. The second kappa shape index (κ2) is 4.05. The number of hydrogen-bond donors (Lipinski definition) is 1. The van der Waals surface area contributed by atoms with Gasteiger partial charge in [-0.3, -0.25) is 4.39 Å². The Morgan fingerprint density at radius 3 is 2.57 bits per heavy atom. The lowest BCUT2D eigenvalue weighted by Gasteiger charge is -2.15. The molecule has 1 fully saturated rings. The zero-order valence-electron chi connectivity index (χ0n) is 7.84. The molecule has 1 nitrogen and oxygen atoms in total. The molecule has 2 atom stereocenters. The van der Waals surface area contributed by atoms with E-state index in [0.29, 0.717) is 0 Å². The van der Waals surface area contributed by atoms with Crippen molar-refractivity contribution in [1.29, 1.82) is 0 Å². The second-order valence-corrected chi connectivity index (χ2v) is 3.73. The molecule has 2 rings (SSSR count). The van der Waals surface area contributed by atoms with Crippen LogP contribution in [-0.4, -0.2) is 19.8 Å². The van der Waals surface area contributed by atoms with Crippen LogP contribution in [0.5, 0.6) is 0 Å². The highest BCUT2D eigenvalue weighted by atomic mass is 19.1. The van der Waals surface area contributed by atoms with Crippen LogP contribution in [0.2, 0.25) is 0 Å². The molecular formula is C11H13F2N. The second-order valence-electron chi connectivity index (χ2n) is 3.73. The van der Waals surface area contributed by atoms with Crippen LogP contribution in [0.4, 0.5) is 8.78 Å². The van der Waals surface area contributed by atoms with E-state index >= 15 is 0 Å². The molecule has 0 radical (unpaired) electrons. The normalized spacial score (nSPS) is 26.7. The topological polar surface area (TPSA) is 12.0 Å². The average molecular weight is 197 g/mol. The quantitative estimate of drug-likeness (QED) is 0.765. The summed E-state index contributed by atoms with van der Waals surface area (Å²) in [5.74, 6) is -0.00225. The molecule has 1 aromatic carbocycles. The number of halogens is 2. The summed E-state index contributed by atoms with van der Waals surface area (Å²) in [4.78, 5) is 0. The summed E-state index contributed by atoms with van der Waals surface area (Å²) in [6.45, 7) is 1.20. The van der Waals surface area contributed by atoms with Gasteiger partial charge in [0, 0.05) is 24.9 Å². The summed E-state index contributed by atoms with van der Waals surface area (Å²) in [6.07, 6.45) is 0. The summed E-state index contributed by atoms with van der Waals surface area (Å²) >= 11 is 0. The first-order valence-electron chi connectivity index (χ1n) is 4.83. The molecule has 1 heterocycles. The Hall–Kier alpha value is -0.960. The fraction of sp³-hybridized carbons (Fsp3) is 0.455. The Morgan fingerprint density at radius 2 is 1.93 bits per heavy atom. The van der Waals surface area contributed by atoms with E-state index in [1.165, 1.54) is 12.1 Å². The van der Waals surface area contributed by atoms with Crippen molar-refractivity contribution in [3.63, 3.8) is 0 Å². The highest BCUT2D eigenvalue weighted by Crippen LogP contribution is 2.28. The van der Waals surface area contributed by atoms with E-state index in [2.05, 4.69) is 5.32 Å². The molecule has 0 saturated carbocycles. The first-order valence-corrected chi connectivity index (χ1v) is 4.83. The van der Waals surface area contributed by atoms with Gasteiger partial charge in [0.25, 0.3) is 0 Å². The van der Waals surface area contributed by atoms with Crippen molar-refractivity contribution in [2.45, 2.75) is 5.92 Å². The largest absolute Gasteiger partial charge is 0.316 e. The van der Waals surface area contributed by atoms with Crippen LogP contribution in [0.1, 0.15) is 11.5 Å². The number of rotatable bonds is 2. The molecule has 1 aromatic rings. The highest BCUT2D eigenvalue weighted by Gasteiger charge is 2.27. The molecule has 0 bridgehead atoms. The average Bonchev–Trinajstić information content (AvgIpc) is 2.67. The van der Waals surface area contributed by atoms with Gasteiger partial charge in [-0.25, -0.2) is 4.39 Å². The van der Waals surface area contributed by atoms with Crippen molar-refractivity contribution >= 4 is 0 Å². The molecule has 1 N–H and O–H groups in total. The van der Waals surface area contributed by atoms with Gasteiger partial charge in [0.2, 0.25) is 0 Å². The SMILES string of the molecule is FC[C@H]1CNC[C@H]1c1ccc(F)cc1. The van der Waals surface area contributed by atoms with Gasteiger partial charge in [-0.2, -0.15) is 0 Å². The minimum atomic E-state index is -0.310. The first kappa shape index (κ1) is 9.59. The van der Waals surface area contributed by atoms with Crippen molar-refractivity contribution in [3.8, 4) is 0 Å². The van der Waals surface area contributed by atoms with Crippen LogP contribution in [0.3, 0.4) is 0 Å². The van der Waals surface area contributed by atoms with E-state index in [-0.39, 0.29) is 24.3 Å². The van der Waals surface area contributed by atoms with Gasteiger partial charge in [-0.15, -0.1) is 0 Å². The van der Waals surface area contributed by atoms with Crippen LogP contribution in [0.15, 0.2) is 24.3 Å². The lowest BCUT2D eigenvalue weighted by atomic mass is 9.90. The van der Waals surface area contributed by atoms with Crippen LogP contribution in [0.25, 0.3) is 0 Å².